The summed E-state index contributed by atoms with van der Waals surface area (Å²) in [6.07, 6.45) is 5.71. The van der Waals surface area contributed by atoms with Crippen molar-refractivity contribution in [2.75, 3.05) is 0 Å². The molecule has 23 heavy (non-hydrogen) atoms. The summed E-state index contributed by atoms with van der Waals surface area (Å²) in [4.78, 5) is 30.7. The second kappa shape index (κ2) is 6.43. The van der Waals surface area contributed by atoms with Crippen LogP contribution in [-0.4, -0.2) is 20.6 Å². The maximum atomic E-state index is 12.9. The highest BCUT2D eigenvalue weighted by molar-refractivity contribution is 7.18. The van der Waals surface area contributed by atoms with E-state index in [1.54, 1.807) is 4.57 Å². The maximum absolute atomic E-state index is 12.9. The van der Waals surface area contributed by atoms with Gasteiger partial charge in [-0.25, -0.2) is 4.98 Å². The van der Waals surface area contributed by atoms with Crippen LogP contribution in [0.3, 0.4) is 0 Å². The highest BCUT2D eigenvalue weighted by Crippen LogP contribution is 2.42. The molecule has 0 bridgehead atoms. The SMILES string of the molecule is CCCCCCn1c(C)nc2sc3c(c2c1=O)C(C(=O)O)CC3. The number of thiophene rings is 1. The van der Waals surface area contributed by atoms with E-state index in [9.17, 15) is 14.7 Å². The predicted octanol–water partition coefficient (Wildman–Crippen LogP) is 3.46. The zero-order chi connectivity index (χ0) is 16.6. The van der Waals surface area contributed by atoms with Crippen molar-refractivity contribution in [3.8, 4) is 0 Å². The van der Waals surface area contributed by atoms with Crippen LogP contribution in [0.1, 0.15) is 61.2 Å². The summed E-state index contributed by atoms with van der Waals surface area (Å²) < 4.78 is 1.72. The van der Waals surface area contributed by atoms with Crippen LogP contribution < -0.4 is 5.56 Å². The number of rotatable bonds is 6. The van der Waals surface area contributed by atoms with Gasteiger partial charge in [0.25, 0.3) is 5.56 Å². The van der Waals surface area contributed by atoms with E-state index in [0.717, 1.165) is 41.9 Å². The molecule has 0 saturated carbocycles. The first-order valence-electron chi connectivity index (χ1n) is 8.30. The number of carboxylic acid groups (broad SMARTS) is 1. The summed E-state index contributed by atoms with van der Waals surface area (Å²) in [5.41, 5.74) is 0.673. The average molecular weight is 334 g/mol. The Bertz CT molecular complexity index is 806. The van der Waals surface area contributed by atoms with E-state index in [-0.39, 0.29) is 5.56 Å². The van der Waals surface area contributed by atoms with Gasteiger partial charge in [-0.05, 0) is 31.7 Å². The van der Waals surface area contributed by atoms with E-state index >= 15 is 0 Å². The van der Waals surface area contributed by atoms with Gasteiger partial charge in [0, 0.05) is 11.4 Å². The summed E-state index contributed by atoms with van der Waals surface area (Å²) >= 11 is 1.49. The lowest BCUT2D eigenvalue weighted by Crippen LogP contribution is -2.24. The van der Waals surface area contributed by atoms with Crippen LogP contribution in [0.15, 0.2) is 4.79 Å². The number of nitrogens with zero attached hydrogens (tertiary/aromatic N) is 2. The Labute approximate surface area is 139 Å². The van der Waals surface area contributed by atoms with Gasteiger partial charge >= 0.3 is 5.97 Å². The first-order valence-corrected chi connectivity index (χ1v) is 9.11. The van der Waals surface area contributed by atoms with Gasteiger partial charge in [0.2, 0.25) is 0 Å². The summed E-state index contributed by atoms with van der Waals surface area (Å²) in [5.74, 6) is -0.659. The van der Waals surface area contributed by atoms with E-state index in [1.165, 1.54) is 17.8 Å². The lowest BCUT2D eigenvalue weighted by Gasteiger charge is -2.11. The minimum atomic E-state index is -0.835. The van der Waals surface area contributed by atoms with Crippen molar-refractivity contribution in [2.45, 2.75) is 64.8 Å². The van der Waals surface area contributed by atoms with Crippen LogP contribution in [0.2, 0.25) is 0 Å². The molecule has 6 heteroatoms. The molecule has 0 saturated heterocycles. The number of aryl methyl sites for hydroxylation is 2. The van der Waals surface area contributed by atoms with Gasteiger partial charge in [-0.15, -0.1) is 11.3 Å². The first kappa shape index (κ1) is 16.2. The fourth-order valence-electron chi connectivity index (χ4n) is 3.43. The molecule has 0 aromatic carbocycles. The molecule has 1 N–H and O–H groups in total. The molecule has 0 radical (unpaired) electrons. The fraction of sp³-hybridized carbons (Fsp3) is 0.588. The second-order valence-electron chi connectivity index (χ2n) is 6.23. The van der Waals surface area contributed by atoms with Crippen LogP contribution in [0, 0.1) is 6.92 Å². The van der Waals surface area contributed by atoms with Crippen molar-refractivity contribution in [3.63, 3.8) is 0 Å². The number of carboxylic acids is 1. The Morgan fingerprint density at radius 2 is 2.17 bits per heavy atom. The van der Waals surface area contributed by atoms with Crippen molar-refractivity contribution in [1.29, 1.82) is 0 Å². The Morgan fingerprint density at radius 3 is 2.87 bits per heavy atom. The molecule has 2 heterocycles. The smallest absolute Gasteiger partial charge is 0.311 e. The molecular weight excluding hydrogens is 312 g/mol. The van der Waals surface area contributed by atoms with Gasteiger partial charge in [0.15, 0.2) is 0 Å². The molecule has 124 valence electrons. The van der Waals surface area contributed by atoms with Gasteiger partial charge < -0.3 is 5.11 Å². The van der Waals surface area contributed by atoms with Crippen molar-refractivity contribution < 1.29 is 9.90 Å². The van der Waals surface area contributed by atoms with Crippen LogP contribution in [-0.2, 0) is 17.8 Å². The minimum absolute atomic E-state index is 0.0605. The minimum Gasteiger partial charge on any atom is -0.481 e. The molecule has 1 aliphatic rings. The van der Waals surface area contributed by atoms with Crippen LogP contribution in [0.25, 0.3) is 10.2 Å². The van der Waals surface area contributed by atoms with Gasteiger partial charge in [-0.1, -0.05) is 26.2 Å². The molecule has 3 rings (SSSR count). The van der Waals surface area contributed by atoms with Crippen molar-refractivity contribution in [3.05, 3.63) is 26.6 Å². The zero-order valence-corrected chi connectivity index (χ0v) is 14.4. The monoisotopic (exact) mass is 334 g/mol. The number of fused-ring (bicyclic) bond motifs is 3. The van der Waals surface area contributed by atoms with Crippen LogP contribution in [0.4, 0.5) is 0 Å². The molecular formula is C17H22N2O3S. The Kier molecular flexibility index (Phi) is 4.53. The standard InChI is InChI=1S/C17H22N2O3S/c1-3-4-5-6-9-19-10(2)18-15-14(16(19)20)13-11(17(21)22)7-8-12(13)23-15/h11H,3-9H2,1-2H3,(H,21,22). The molecule has 0 fully saturated rings. The van der Waals surface area contributed by atoms with Crippen molar-refractivity contribution in [1.82, 2.24) is 9.55 Å². The van der Waals surface area contributed by atoms with Crippen molar-refractivity contribution >= 4 is 27.5 Å². The van der Waals surface area contributed by atoms with E-state index in [4.69, 9.17) is 0 Å². The summed E-state index contributed by atoms with van der Waals surface area (Å²) in [7, 11) is 0. The molecule has 1 aliphatic carbocycles. The summed E-state index contributed by atoms with van der Waals surface area (Å²) in [6.45, 7) is 4.68. The van der Waals surface area contributed by atoms with Crippen LogP contribution in [0.5, 0.6) is 0 Å². The van der Waals surface area contributed by atoms with E-state index < -0.39 is 11.9 Å². The predicted molar refractivity (Wildman–Crippen MR) is 91.5 cm³/mol. The van der Waals surface area contributed by atoms with Gasteiger partial charge in [-0.3, -0.25) is 14.2 Å². The molecule has 0 spiro atoms. The normalized spacial score (nSPS) is 16.9. The number of aliphatic carboxylic acids is 1. The second-order valence-corrected chi connectivity index (χ2v) is 7.31. The van der Waals surface area contributed by atoms with Gasteiger partial charge in [0.1, 0.15) is 10.7 Å². The average Bonchev–Trinajstić information content (AvgIpc) is 3.04. The molecule has 2 aromatic rings. The highest BCUT2D eigenvalue weighted by Gasteiger charge is 2.34. The zero-order valence-electron chi connectivity index (χ0n) is 13.6. The molecule has 5 nitrogen and oxygen atoms in total. The van der Waals surface area contributed by atoms with Gasteiger partial charge in [0.05, 0.1) is 11.3 Å². The quantitative estimate of drug-likeness (QED) is 0.821. The Balaban J connectivity index is 2.05. The molecule has 0 amide bonds. The number of unbranched alkanes of at least 4 members (excludes halogenated alkanes) is 3. The van der Waals surface area contributed by atoms with Gasteiger partial charge in [-0.2, -0.15) is 0 Å². The fourth-order valence-corrected chi connectivity index (χ4v) is 4.72. The van der Waals surface area contributed by atoms with Crippen LogP contribution >= 0.6 is 11.3 Å². The topological polar surface area (TPSA) is 72.2 Å². The number of hydrogen-bond acceptors (Lipinski definition) is 4. The number of aromatic nitrogens is 2. The Morgan fingerprint density at radius 1 is 1.39 bits per heavy atom. The largest absolute Gasteiger partial charge is 0.481 e. The van der Waals surface area contributed by atoms with E-state index in [1.807, 2.05) is 6.92 Å². The maximum Gasteiger partial charge on any atom is 0.311 e. The third-order valence-corrected chi connectivity index (χ3v) is 5.82. The molecule has 1 unspecified atom stereocenters. The molecule has 1 atom stereocenters. The third-order valence-electron chi connectivity index (χ3n) is 4.66. The first-order chi connectivity index (χ1) is 11.0. The lowest BCUT2D eigenvalue weighted by molar-refractivity contribution is -0.138. The van der Waals surface area contributed by atoms with Crippen molar-refractivity contribution in [2.24, 2.45) is 0 Å². The highest BCUT2D eigenvalue weighted by atomic mass is 32.1. The molecule has 0 aliphatic heterocycles. The summed E-state index contributed by atoms with van der Waals surface area (Å²) in [5, 5.41) is 9.98. The Hall–Kier alpha value is -1.69. The molecule has 2 aromatic heterocycles. The number of carbonyl (C=O) groups is 1. The number of hydrogen-bond donors (Lipinski definition) is 1. The third kappa shape index (κ3) is 2.80. The van der Waals surface area contributed by atoms with E-state index in [2.05, 4.69) is 11.9 Å². The van der Waals surface area contributed by atoms with E-state index in [0.29, 0.717) is 23.2 Å². The summed E-state index contributed by atoms with van der Waals surface area (Å²) in [6, 6.07) is 0. The lowest BCUT2D eigenvalue weighted by atomic mass is 10.0.